The highest BCUT2D eigenvalue weighted by molar-refractivity contribution is 6.30. The molecule has 3 aromatic rings. The number of ketones is 1. The lowest BCUT2D eigenvalue weighted by atomic mass is 9.69. The summed E-state index contributed by atoms with van der Waals surface area (Å²) in [7, 11) is 0. The van der Waals surface area contributed by atoms with Gasteiger partial charge in [0.2, 0.25) is 0 Å². The van der Waals surface area contributed by atoms with Crippen LogP contribution in [0, 0.1) is 12.3 Å². The first kappa shape index (κ1) is 24.1. The molecular weight excluding hydrogens is 474 g/mol. The summed E-state index contributed by atoms with van der Waals surface area (Å²) in [5.41, 5.74) is 4.22. The van der Waals surface area contributed by atoms with Crippen molar-refractivity contribution in [3.8, 4) is 11.3 Å². The minimum atomic E-state index is -0.636. The van der Waals surface area contributed by atoms with E-state index in [9.17, 15) is 9.59 Å². The van der Waals surface area contributed by atoms with E-state index in [-0.39, 0.29) is 17.1 Å². The molecule has 7 heteroatoms. The van der Waals surface area contributed by atoms with E-state index < -0.39 is 5.92 Å². The van der Waals surface area contributed by atoms with Crippen molar-refractivity contribution in [2.24, 2.45) is 5.41 Å². The van der Waals surface area contributed by atoms with Crippen molar-refractivity contribution in [1.82, 2.24) is 10.3 Å². The maximum atomic E-state index is 13.6. The molecule has 0 spiro atoms. The maximum Gasteiger partial charge on any atom is 0.255 e. The first-order valence-electron chi connectivity index (χ1n) is 11.9. The van der Waals surface area contributed by atoms with E-state index in [2.05, 4.69) is 29.5 Å². The Kier molecular flexibility index (Phi) is 6.08. The molecule has 2 N–H and O–H groups in total. The minimum Gasteiger partial charge on any atom is -0.460 e. The second kappa shape index (κ2) is 9.10. The first-order valence-corrected chi connectivity index (χ1v) is 12.3. The second-order valence-electron chi connectivity index (χ2n) is 10.3. The number of allylic oxidation sites excluding steroid dienone is 3. The van der Waals surface area contributed by atoms with E-state index in [1.807, 2.05) is 50.2 Å². The van der Waals surface area contributed by atoms with Gasteiger partial charge in [-0.1, -0.05) is 43.6 Å². The molecule has 36 heavy (non-hydrogen) atoms. The molecule has 0 bridgehead atoms. The van der Waals surface area contributed by atoms with Gasteiger partial charge in [0.25, 0.3) is 5.91 Å². The number of Topliss-reactive ketones (excluding diaryl/α,β-unsaturated/α-hetero) is 1. The van der Waals surface area contributed by atoms with Crippen LogP contribution in [0.15, 0.2) is 81.7 Å². The summed E-state index contributed by atoms with van der Waals surface area (Å²) < 4.78 is 6.31. The van der Waals surface area contributed by atoms with Crippen molar-refractivity contribution in [1.29, 1.82) is 0 Å². The summed E-state index contributed by atoms with van der Waals surface area (Å²) >= 11 is 6.19. The van der Waals surface area contributed by atoms with Gasteiger partial charge in [-0.25, -0.2) is 4.98 Å². The van der Waals surface area contributed by atoms with E-state index in [0.29, 0.717) is 52.0 Å². The zero-order valence-electron chi connectivity index (χ0n) is 20.7. The SMILES string of the molecule is CC1=C(C(=O)Nc2ccc(C)cn2)[C@H](c2ccc(-c3cccc(Cl)c3)o2)C2=C(CC(C)(C)CC2=O)N1. The van der Waals surface area contributed by atoms with Gasteiger partial charge in [0, 0.05) is 40.2 Å². The molecule has 184 valence electrons. The Bertz CT molecular complexity index is 1430. The highest BCUT2D eigenvalue weighted by Gasteiger charge is 2.44. The number of nitrogens with one attached hydrogen (secondary N) is 2. The van der Waals surface area contributed by atoms with Gasteiger partial charge in [-0.05, 0) is 61.6 Å². The van der Waals surface area contributed by atoms with Crippen LogP contribution in [-0.2, 0) is 9.59 Å². The molecule has 0 fully saturated rings. The van der Waals surface area contributed by atoms with Crippen LogP contribution >= 0.6 is 11.6 Å². The highest BCUT2D eigenvalue weighted by Crippen LogP contribution is 2.47. The number of dihydropyridines is 1. The van der Waals surface area contributed by atoms with Crippen LogP contribution in [0.5, 0.6) is 0 Å². The molecule has 0 unspecified atom stereocenters. The molecular formula is C29H28ClN3O3. The van der Waals surface area contributed by atoms with Gasteiger partial charge in [-0.3, -0.25) is 9.59 Å². The number of benzene rings is 1. The molecule has 2 aliphatic rings. The Morgan fingerprint density at radius 2 is 1.94 bits per heavy atom. The molecule has 3 heterocycles. The standard InChI is InChI=1S/C29H28ClN3O3/c1-16-8-11-24(31-15-16)33-28(35)25-17(2)32-20-13-29(3,4)14-21(34)26(20)27(25)23-10-9-22(36-23)18-6-5-7-19(30)12-18/h5-12,15,27,32H,13-14H2,1-4H3,(H,31,33,35)/t27-/m0/s1. The van der Waals surface area contributed by atoms with Gasteiger partial charge in [0.15, 0.2) is 5.78 Å². The summed E-state index contributed by atoms with van der Waals surface area (Å²) in [6.07, 6.45) is 2.81. The van der Waals surface area contributed by atoms with Gasteiger partial charge < -0.3 is 15.1 Å². The van der Waals surface area contributed by atoms with Gasteiger partial charge in [-0.15, -0.1) is 0 Å². The average Bonchev–Trinajstić information content (AvgIpc) is 3.29. The summed E-state index contributed by atoms with van der Waals surface area (Å²) in [5.74, 6) is 0.655. The second-order valence-corrected chi connectivity index (χ2v) is 10.8. The number of carbonyl (C=O) groups is 2. The monoisotopic (exact) mass is 501 g/mol. The van der Waals surface area contributed by atoms with Crippen molar-refractivity contribution < 1.29 is 14.0 Å². The Labute approximate surface area is 215 Å². The number of nitrogens with zero attached hydrogens (tertiary/aromatic N) is 1. The van der Waals surface area contributed by atoms with Crippen LogP contribution in [0.2, 0.25) is 5.02 Å². The van der Waals surface area contributed by atoms with Crippen LogP contribution in [0.1, 0.15) is 50.9 Å². The van der Waals surface area contributed by atoms with Crippen molar-refractivity contribution in [3.05, 3.63) is 93.6 Å². The topological polar surface area (TPSA) is 84.2 Å². The number of aryl methyl sites for hydroxylation is 1. The predicted octanol–water partition coefficient (Wildman–Crippen LogP) is 6.55. The van der Waals surface area contributed by atoms with Gasteiger partial charge in [-0.2, -0.15) is 0 Å². The number of rotatable bonds is 4. The summed E-state index contributed by atoms with van der Waals surface area (Å²) in [6.45, 7) is 7.96. The molecule has 6 nitrogen and oxygen atoms in total. The quantitative estimate of drug-likeness (QED) is 0.423. The molecule has 2 aromatic heterocycles. The maximum absolute atomic E-state index is 13.6. The van der Waals surface area contributed by atoms with E-state index in [1.165, 1.54) is 0 Å². The van der Waals surface area contributed by atoms with Gasteiger partial charge in [0.1, 0.15) is 17.3 Å². The van der Waals surface area contributed by atoms with Crippen molar-refractivity contribution in [2.75, 3.05) is 5.32 Å². The third-order valence-electron chi connectivity index (χ3n) is 6.66. The molecule has 1 aliphatic carbocycles. The molecule has 5 rings (SSSR count). The van der Waals surface area contributed by atoms with E-state index in [0.717, 1.165) is 16.8 Å². The van der Waals surface area contributed by atoms with Crippen LogP contribution in [0.25, 0.3) is 11.3 Å². The fourth-order valence-corrected chi connectivity index (χ4v) is 5.24. The number of furan rings is 1. The summed E-state index contributed by atoms with van der Waals surface area (Å²) in [6, 6.07) is 14.7. The number of anilines is 1. The van der Waals surface area contributed by atoms with Gasteiger partial charge in [0.05, 0.1) is 11.5 Å². The number of halogens is 1. The van der Waals surface area contributed by atoms with Crippen LogP contribution in [0.4, 0.5) is 5.82 Å². The number of pyridine rings is 1. The average molecular weight is 502 g/mol. The molecule has 1 aromatic carbocycles. The fourth-order valence-electron chi connectivity index (χ4n) is 5.05. The van der Waals surface area contributed by atoms with E-state index >= 15 is 0 Å². The first-order chi connectivity index (χ1) is 17.1. The molecule has 1 amide bonds. The number of hydrogen-bond acceptors (Lipinski definition) is 5. The normalized spacial score (nSPS) is 19.1. The lowest BCUT2D eigenvalue weighted by Gasteiger charge is -2.38. The number of aromatic nitrogens is 1. The molecule has 0 radical (unpaired) electrons. The molecule has 0 saturated carbocycles. The number of carbonyl (C=O) groups excluding carboxylic acids is 2. The van der Waals surface area contributed by atoms with Gasteiger partial charge >= 0.3 is 0 Å². The highest BCUT2D eigenvalue weighted by atomic mass is 35.5. The van der Waals surface area contributed by atoms with E-state index in [1.54, 1.807) is 18.3 Å². The third kappa shape index (κ3) is 4.61. The lowest BCUT2D eigenvalue weighted by molar-refractivity contribution is -0.118. The largest absolute Gasteiger partial charge is 0.460 e. The van der Waals surface area contributed by atoms with E-state index in [4.69, 9.17) is 16.0 Å². The smallest absolute Gasteiger partial charge is 0.255 e. The van der Waals surface area contributed by atoms with Crippen molar-refractivity contribution in [2.45, 2.75) is 46.5 Å². The van der Waals surface area contributed by atoms with Crippen molar-refractivity contribution in [3.63, 3.8) is 0 Å². The van der Waals surface area contributed by atoms with Crippen LogP contribution < -0.4 is 10.6 Å². The fraction of sp³-hybridized carbons (Fsp3) is 0.276. The predicted molar refractivity (Wildman–Crippen MR) is 140 cm³/mol. The number of hydrogen-bond donors (Lipinski definition) is 2. The lowest BCUT2D eigenvalue weighted by Crippen LogP contribution is -2.39. The number of amides is 1. The van der Waals surface area contributed by atoms with Crippen molar-refractivity contribution >= 4 is 29.1 Å². The van der Waals surface area contributed by atoms with Crippen LogP contribution in [0.3, 0.4) is 0 Å². The Morgan fingerprint density at radius 3 is 2.67 bits per heavy atom. The Balaban J connectivity index is 1.59. The minimum absolute atomic E-state index is 0.0192. The summed E-state index contributed by atoms with van der Waals surface area (Å²) in [4.78, 5) is 31.4. The van der Waals surface area contributed by atoms with Crippen LogP contribution in [-0.4, -0.2) is 16.7 Å². The zero-order chi connectivity index (χ0) is 25.6. The molecule has 0 saturated heterocycles. The Hall–Kier alpha value is -3.64. The Morgan fingerprint density at radius 1 is 1.14 bits per heavy atom. The zero-order valence-corrected chi connectivity index (χ0v) is 21.5. The summed E-state index contributed by atoms with van der Waals surface area (Å²) in [5, 5.41) is 6.87. The molecule has 1 aliphatic heterocycles. The molecule has 1 atom stereocenters. The third-order valence-corrected chi connectivity index (χ3v) is 6.89.